The van der Waals surface area contributed by atoms with Crippen molar-refractivity contribution in [2.45, 2.75) is 33.8 Å². The molecule has 0 amide bonds. The van der Waals surface area contributed by atoms with Crippen LogP contribution in [0.15, 0.2) is 0 Å². The SMILES string of the molecule is CCOC(C)C(=O)O.COC(=O)C(C)C. The monoisotopic (exact) mass is 220 g/mol. The van der Waals surface area contributed by atoms with Gasteiger partial charge in [-0.05, 0) is 13.8 Å². The second kappa shape index (κ2) is 9.45. The van der Waals surface area contributed by atoms with Crippen molar-refractivity contribution in [3.63, 3.8) is 0 Å². The molecule has 5 nitrogen and oxygen atoms in total. The van der Waals surface area contributed by atoms with Crippen LogP contribution in [0.25, 0.3) is 0 Å². The lowest BCUT2D eigenvalue weighted by Gasteiger charge is -2.03. The van der Waals surface area contributed by atoms with Gasteiger partial charge in [0.2, 0.25) is 0 Å². The topological polar surface area (TPSA) is 72.8 Å². The van der Waals surface area contributed by atoms with E-state index in [0.29, 0.717) is 6.61 Å². The largest absolute Gasteiger partial charge is 0.479 e. The number of aliphatic carboxylic acids is 1. The van der Waals surface area contributed by atoms with E-state index in [4.69, 9.17) is 9.84 Å². The Kier molecular flexibility index (Phi) is 10.3. The Morgan fingerprint density at radius 3 is 1.80 bits per heavy atom. The van der Waals surface area contributed by atoms with Crippen molar-refractivity contribution in [3.8, 4) is 0 Å². The lowest BCUT2D eigenvalue weighted by atomic mass is 10.2. The molecule has 0 aliphatic rings. The highest BCUT2D eigenvalue weighted by Gasteiger charge is 2.07. The number of carbonyl (C=O) groups is 2. The molecule has 0 saturated carbocycles. The Morgan fingerprint density at radius 1 is 1.27 bits per heavy atom. The van der Waals surface area contributed by atoms with Gasteiger partial charge in [-0.25, -0.2) is 4.79 Å². The lowest BCUT2D eigenvalue weighted by molar-refractivity contribution is -0.148. The fourth-order valence-corrected chi connectivity index (χ4v) is 0.557. The molecule has 0 spiro atoms. The number of carbonyl (C=O) groups excluding carboxylic acids is 1. The number of hydrogen-bond donors (Lipinski definition) is 1. The average molecular weight is 220 g/mol. The average Bonchev–Trinajstić information content (AvgIpc) is 2.17. The zero-order valence-corrected chi connectivity index (χ0v) is 9.94. The third-order valence-corrected chi connectivity index (χ3v) is 1.44. The summed E-state index contributed by atoms with van der Waals surface area (Å²) in [5.41, 5.74) is 0. The second-order valence-corrected chi connectivity index (χ2v) is 3.11. The third-order valence-electron chi connectivity index (χ3n) is 1.44. The van der Waals surface area contributed by atoms with Crippen LogP contribution < -0.4 is 0 Å². The van der Waals surface area contributed by atoms with Gasteiger partial charge >= 0.3 is 11.9 Å². The maximum absolute atomic E-state index is 10.3. The molecule has 0 aliphatic carbocycles. The number of ether oxygens (including phenoxy) is 2. The number of carboxylic acid groups (broad SMARTS) is 1. The van der Waals surface area contributed by atoms with E-state index in [2.05, 4.69) is 4.74 Å². The number of methoxy groups -OCH3 is 1. The molecule has 0 aromatic carbocycles. The van der Waals surface area contributed by atoms with Gasteiger partial charge in [0.25, 0.3) is 0 Å². The summed E-state index contributed by atoms with van der Waals surface area (Å²) in [7, 11) is 1.39. The van der Waals surface area contributed by atoms with Gasteiger partial charge in [-0.15, -0.1) is 0 Å². The molecule has 0 aliphatic heterocycles. The van der Waals surface area contributed by atoms with Crippen LogP contribution in [0.3, 0.4) is 0 Å². The molecule has 0 aromatic rings. The summed E-state index contributed by atoms with van der Waals surface area (Å²) in [4.78, 5) is 20.3. The van der Waals surface area contributed by atoms with E-state index in [9.17, 15) is 9.59 Å². The van der Waals surface area contributed by atoms with Gasteiger partial charge in [-0.3, -0.25) is 4.79 Å². The van der Waals surface area contributed by atoms with E-state index in [-0.39, 0.29) is 11.9 Å². The van der Waals surface area contributed by atoms with E-state index in [1.165, 1.54) is 14.0 Å². The highest BCUT2D eigenvalue weighted by Crippen LogP contribution is 1.91. The number of esters is 1. The molecule has 90 valence electrons. The van der Waals surface area contributed by atoms with Crippen LogP contribution in [0.5, 0.6) is 0 Å². The van der Waals surface area contributed by atoms with Gasteiger partial charge < -0.3 is 14.6 Å². The minimum atomic E-state index is -0.910. The summed E-state index contributed by atoms with van der Waals surface area (Å²) in [6.45, 7) is 7.32. The third kappa shape index (κ3) is 10.8. The Morgan fingerprint density at radius 2 is 1.73 bits per heavy atom. The first kappa shape index (κ1) is 16.3. The minimum Gasteiger partial charge on any atom is -0.479 e. The smallest absolute Gasteiger partial charge is 0.332 e. The molecule has 5 heteroatoms. The molecule has 0 aromatic heterocycles. The van der Waals surface area contributed by atoms with Crippen LogP contribution in [0.2, 0.25) is 0 Å². The Bertz CT molecular complexity index is 188. The fourth-order valence-electron chi connectivity index (χ4n) is 0.557. The molecule has 15 heavy (non-hydrogen) atoms. The van der Waals surface area contributed by atoms with E-state index in [1.807, 2.05) is 0 Å². The second-order valence-electron chi connectivity index (χ2n) is 3.11. The normalized spacial score (nSPS) is 11.3. The zero-order valence-electron chi connectivity index (χ0n) is 9.94. The summed E-state index contributed by atoms with van der Waals surface area (Å²) in [6, 6.07) is 0. The van der Waals surface area contributed by atoms with Crippen molar-refractivity contribution in [1.29, 1.82) is 0 Å². The van der Waals surface area contributed by atoms with Crippen molar-refractivity contribution in [2.24, 2.45) is 5.92 Å². The van der Waals surface area contributed by atoms with E-state index >= 15 is 0 Å². The van der Waals surface area contributed by atoms with Crippen molar-refractivity contribution in [1.82, 2.24) is 0 Å². The molecule has 0 saturated heterocycles. The molecular formula is C10H20O5. The van der Waals surface area contributed by atoms with Crippen molar-refractivity contribution in [2.75, 3.05) is 13.7 Å². The Labute approximate surface area is 90.4 Å². The van der Waals surface area contributed by atoms with Gasteiger partial charge in [0, 0.05) is 6.61 Å². The van der Waals surface area contributed by atoms with Gasteiger partial charge in [0.1, 0.15) is 0 Å². The molecule has 1 N–H and O–H groups in total. The van der Waals surface area contributed by atoms with E-state index in [1.54, 1.807) is 20.8 Å². The van der Waals surface area contributed by atoms with Gasteiger partial charge in [0.15, 0.2) is 6.10 Å². The highest BCUT2D eigenvalue weighted by molar-refractivity contribution is 5.71. The molecule has 1 unspecified atom stereocenters. The first-order chi connectivity index (χ1) is 6.86. The predicted octanol–water partition coefficient (Wildman–Crippen LogP) is 1.31. The van der Waals surface area contributed by atoms with Crippen molar-refractivity contribution < 1.29 is 24.2 Å². The standard InChI is InChI=1S/C5H10O3.C5H10O2/c1-3-8-4(2)5(6)7;1-4(2)5(6)7-3/h4H,3H2,1-2H3,(H,6,7);4H,1-3H3. The first-order valence-electron chi connectivity index (χ1n) is 4.79. The Hall–Kier alpha value is -1.10. The van der Waals surface area contributed by atoms with Crippen LogP contribution >= 0.6 is 0 Å². The van der Waals surface area contributed by atoms with Crippen LogP contribution in [0.1, 0.15) is 27.7 Å². The number of carboxylic acids is 1. The Balaban J connectivity index is 0. The van der Waals surface area contributed by atoms with Crippen molar-refractivity contribution >= 4 is 11.9 Å². The molecule has 0 fully saturated rings. The minimum absolute atomic E-state index is 0.00463. The number of rotatable bonds is 4. The number of hydrogen-bond acceptors (Lipinski definition) is 4. The molecule has 0 heterocycles. The summed E-state index contributed by atoms with van der Waals surface area (Å²) in [6.07, 6.45) is -0.667. The van der Waals surface area contributed by atoms with Gasteiger partial charge in [-0.2, -0.15) is 0 Å². The van der Waals surface area contributed by atoms with Crippen molar-refractivity contribution in [3.05, 3.63) is 0 Å². The zero-order chi connectivity index (χ0) is 12.4. The molecule has 0 radical (unpaired) electrons. The predicted molar refractivity (Wildman–Crippen MR) is 55.6 cm³/mol. The van der Waals surface area contributed by atoms with Crippen LogP contribution in [0, 0.1) is 5.92 Å². The molecule has 1 atom stereocenters. The summed E-state index contributed by atoms with van der Waals surface area (Å²) in [5.74, 6) is -1.06. The van der Waals surface area contributed by atoms with E-state index in [0.717, 1.165) is 0 Å². The lowest BCUT2D eigenvalue weighted by Crippen LogP contribution is -2.19. The van der Waals surface area contributed by atoms with Crippen LogP contribution in [-0.4, -0.2) is 36.9 Å². The maximum Gasteiger partial charge on any atom is 0.332 e. The van der Waals surface area contributed by atoms with Crippen LogP contribution in [0.4, 0.5) is 0 Å². The van der Waals surface area contributed by atoms with E-state index < -0.39 is 12.1 Å². The molecular weight excluding hydrogens is 200 g/mol. The van der Waals surface area contributed by atoms with Crippen LogP contribution in [-0.2, 0) is 19.1 Å². The summed E-state index contributed by atoms with van der Waals surface area (Å²) in [5, 5.41) is 8.19. The summed E-state index contributed by atoms with van der Waals surface area (Å²) < 4.78 is 9.08. The quantitative estimate of drug-likeness (QED) is 0.723. The summed E-state index contributed by atoms with van der Waals surface area (Å²) >= 11 is 0. The molecule has 0 bridgehead atoms. The van der Waals surface area contributed by atoms with Gasteiger partial charge in [0.05, 0.1) is 13.0 Å². The molecule has 0 rings (SSSR count). The fraction of sp³-hybridized carbons (Fsp3) is 0.800. The maximum atomic E-state index is 10.3. The first-order valence-corrected chi connectivity index (χ1v) is 4.79. The van der Waals surface area contributed by atoms with Gasteiger partial charge in [-0.1, -0.05) is 13.8 Å². The highest BCUT2D eigenvalue weighted by atomic mass is 16.5.